The third-order valence-electron chi connectivity index (χ3n) is 4.46. The van der Waals surface area contributed by atoms with Gasteiger partial charge in [0.05, 0.1) is 6.04 Å². The van der Waals surface area contributed by atoms with Crippen LogP contribution in [0.15, 0.2) is 18.3 Å². The molecule has 0 radical (unpaired) electrons. The summed E-state index contributed by atoms with van der Waals surface area (Å²) >= 11 is 5.83. The molecule has 2 aliphatic rings. The van der Waals surface area contributed by atoms with Crippen LogP contribution in [0.25, 0.3) is 0 Å². The second-order valence-electron chi connectivity index (χ2n) is 5.80. The summed E-state index contributed by atoms with van der Waals surface area (Å²) in [6.07, 6.45) is 8.82. The van der Waals surface area contributed by atoms with Crippen molar-refractivity contribution in [1.82, 2.24) is 10.3 Å². The van der Waals surface area contributed by atoms with Gasteiger partial charge in [-0.05, 0) is 43.7 Å². The van der Waals surface area contributed by atoms with Crippen LogP contribution in [0.3, 0.4) is 0 Å². The quantitative estimate of drug-likeness (QED) is 0.824. The van der Waals surface area contributed by atoms with Crippen molar-refractivity contribution < 1.29 is 4.79 Å². The fourth-order valence-electron chi connectivity index (χ4n) is 3.41. The number of aromatic nitrogens is 1. The molecule has 1 saturated heterocycles. The molecule has 1 saturated carbocycles. The van der Waals surface area contributed by atoms with Crippen molar-refractivity contribution in [3.05, 3.63) is 23.5 Å². The van der Waals surface area contributed by atoms with Crippen molar-refractivity contribution in [2.75, 3.05) is 5.32 Å². The molecule has 1 aliphatic carbocycles. The van der Waals surface area contributed by atoms with E-state index in [1.807, 2.05) is 0 Å². The number of pyridine rings is 1. The lowest BCUT2D eigenvalue weighted by molar-refractivity contribution is -0.119. The molecule has 2 fully saturated rings. The monoisotopic (exact) mass is 293 g/mol. The Morgan fingerprint density at radius 1 is 1.30 bits per heavy atom. The van der Waals surface area contributed by atoms with E-state index in [2.05, 4.69) is 15.6 Å². The van der Waals surface area contributed by atoms with Crippen LogP contribution >= 0.6 is 11.6 Å². The molecule has 4 nitrogen and oxygen atoms in total. The Kier molecular flexibility index (Phi) is 4.22. The molecular formula is C15H20ClN3O. The fraction of sp³-hybridized carbons (Fsp3) is 0.600. The average molecular weight is 294 g/mol. The standard InChI is InChI=1S/C15H20ClN3O/c16-14-9-11(7-8-17-14)18-15(20)13-6-5-10-3-1-2-4-12(10)19-13/h7-10,12-13,19H,1-6H2,(H,17,18,20). The van der Waals surface area contributed by atoms with Crippen LogP contribution in [0, 0.1) is 5.92 Å². The molecule has 2 heterocycles. The van der Waals surface area contributed by atoms with Crippen molar-refractivity contribution in [2.45, 2.75) is 50.6 Å². The third kappa shape index (κ3) is 3.13. The number of hydrogen-bond donors (Lipinski definition) is 2. The van der Waals surface area contributed by atoms with Crippen molar-refractivity contribution in [3.8, 4) is 0 Å². The summed E-state index contributed by atoms with van der Waals surface area (Å²) in [6.45, 7) is 0. The van der Waals surface area contributed by atoms with Crippen LogP contribution in [0.2, 0.25) is 5.15 Å². The van der Waals surface area contributed by atoms with E-state index in [-0.39, 0.29) is 11.9 Å². The van der Waals surface area contributed by atoms with Crippen LogP contribution in [0.4, 0.5) is 5.69 Å². The highest BCUT2D eigenvalue weighted by Gasteiger charge is 2.34. The van der Waals surface area contributed by atoms with Gasteiger partial charge in [0.2, 0.25) is 5.91 Å². The predicted octanol–water partition coefficient (Wildman–Crippen LogP) is 2.98. The third-order valence-corrected chi connectivity index (χ3v) is 4.67. The molecular weight excluding hydrogens is 274 g/mol. The topological polar surface area (TPSA) is 54.0 Å². The van der Waals surface area contributed by atoms with Crippen LogP contribution in [-0.4, -0.2) is 23.0 Å². The van der Waals surface area contributed by atoms with Gasteiger partial charge >= 0.3 is 0 Å². The van der Waals surface area contributed by atoms with Gasteiger partial charge in [-0.1, -0.05) is 24.4 Å². The predicted molar refractivity (Wildman–Crippen MR) is 79.8 cm³/mol. The molecule has 108 valence electrons. The SMILES string of the molecule is O=C(Nc1ccnc(Cl)c1)C1CCC2CCCCC2N1. The first kappa shape index (κ1) is 13.8. The van der Waals surface area contributed by atoms with E-state index in [1.165, 1.54) is 25.7 Å². The van der Waals surface area contributed by atoms with E-state index >= 15 is 0 Å². The van der Waals surface area contributed by atoms with Crippen LogP contribution < -0.4 is 10.6 Å². The van der Waals surface area contributed by atoms with Gasteiger partial charge in [0, 0.05) is 17.9 Å². The maximum Gasteiger partial charge on any atom is 0.241 e. The first-order chi connectivity index (χ1) is 9.72. The number of rotatable bonds is 2. The number of piperidine rings is 1. The molecule has 1 amide bonds. The minimum Gasteiger partial charge on any atom is -0.325 e. The Morgan fingerprint density at radius 2 is 2.15 bits per heavy atom. The molecule has 20 heavy (non-hydrogen) atoms. The number of anilines is 1. The lowest BCUT2D eigenvalue weighted by Crippen LogP contribution is -2.53. The normalized spacial score (nSPS) is 29.6. The second-order valence-corrected chi connectivity index (χ2v) is 6.19. The summed E-state index contributed by atoms with van der Waals surface area (Å²) in [5.41, 5.74) is 0.711. The minimum atomic E-state index is -0.0821. The highest BCUT2D eigenvalue weighted by molar-refractivity contribution is 6.29. The van der Waals surface area contributed by atoms with E-state index < -0.39 is 0 Å². The van der Waals surface area contributed by atoms with Crippen LogP contribution in [0.5, 0.6) is 0 Å². The Labute approximate surface area is 124 Å². The van der Waals surface area contributed by atoms with Gasteiger partial charge < -0.3 is 10.6 Å². The Hall–Kier alpha value is -1.13. The number of carbonyl (C=O) groups is 1. The summed E-state index contributed by atoms with van der Waals surface area (Å²) in [6, 6.07) is 3.87. The van der Waals surface area contributed by atoms with Crippen molar-refractivity contribution >= 4 is 23.2 Å². The summed E-state index contributed by atoms with van der Waals surface area (Å²) in [7, 11) is 0. The maximum atomic E-state index is 12.3. The molecule has 0 bridgehead atoms. The molecule has 0 spiro atoms. The fourth-order valence-corrected chi connectivity index (χ4v) is 3.59. The van der Waals surface area contributed by atoms with E-state index in [0.717, 1.165) is 18.8 Å². The zero-order chi connectivity index (χ0) is 13.9. The van der Waals surface area contributed by atoms with Gasteiger partial charge in [-0.2, -0.15) is 0 Å². The summed E-state index contributed by atoms with van der Waals surface area (Å²) in [4.78, 5) is 16.2. The Bertz CT molecular complexity index is 494. The molecule has 3 rings (SSSR count). The maximum absolute atomic E-state index is 12.3. The van der Waals surface area contributed by atoms with Crippen molar-refractivity contribution in [3.63, 3.8) is 0 Å². The lowest BCUT2D eigenvalue weighted by atomic mass is 9.77. The Morgan fingerprint density at radius 3 is 3.00 bits per heavy atom. The Balaban J connectivity index is 1.60. The molecule has 1 aliphatic heterocycles. The highest BCUT2D eigenvalue weighted by Crippen LogP contribution is 2.32. The molecule has 1 aromatic rings. The average Bonchev–Trinajstić information content (AvgIpc) is 2.47. The summed E-state index contributed by atoms with van der Waals surface area (Å²) < 4.78 is 0. The first-order valence-electron chi connectivity index (χ1n) is 7.41. The molecule has 1 aromatic heterocycles. The highest BCUT2D eigenvalue weighted by atomic mass is 35.5. The van der Waals surface area contributed by atoms with Gasteiger partial charge in [-0.25, -0.2) is 4.98 Å². The number of nitrogens with zero attached hydrogens (tertiary/aromatic N) is 1. The molecule has 3 atom stereocenters. The summed E-state index contributed by atoms with van der Waals surface area (Å²) in [5, 5.41) is 6.85. The van der Waals surface area contributed by atoms with E-state index in [0.29, 0.717) is 16.9 Å². The van der Waals surface area contributed by atoms with Gasteiger partial charge in [0.25, 0.3) is 0 Å². The zero-order valence-corrected chi connectivity index (χ0v) is 12.2. The largest absolute Gasteiger partial charge is 0.325 e. The van der Waals surface area contributed by atoms with E-state index in [9.17, 15) is 4.79 Å². The number of nitrogens with one attached hydrogen (secondary N) is 2. The van der Waals surface area contributed by atoms with E-state index in [4.69, 9.17) is 11.6 Å². The number of halogens is 1. The van der Waals surface area contributed by atoms with Crippen molar-refractivity contribution in [1.29, 1.82) is 0 Å². The van der Waals surface area contributed by atoms with Gasteiger partial charge in [-0.15, -0.1) is 0 Å². The number of amides is 1. The van der Waals surface area contributed by atoms with Gasteiger partial charge in [-0.3, -0.25) is 4.79 Å². The number of carbonyl (C=O) groups excluding carboxylic acids is 1. The minimum absolute atomic E-state index is 0.0382. The molecule has 2 N–H and O–H groups in total. The van der Waals surface area contributed by atoms with Gasteiger partial charge in [0.15, 0.2) is 0 Å². The van der Waals surface area contributed by atoms with E-state index in [1.54, 1.807) is 18.3 Å². The van der Waals surface area contributed by atoms with Crippen LogP contribution in [0.1, 0.15) is 38.5 Å². The lowest BCUT2D eigenvalue weighted by Gasteiger charge is -2.39. The zero-order valence-electron chi connectivity index (χ0n) is 11.4. The van der Waals surface area contributed by atoms with Gasteiger partial charge in [0.1, 0.15) is 5.15 Å². The summed E-state index contributed by atoms with van der Waals surface area (Å²) in [5.74, 6) is 0.805. The second kappa shape index (κ2) is 6.10. The molecule has 0 aromatic carbocycles. The molecule has 3 unspecified atom stereocenters. The number of fused-ring (bicyclic) bond motifs is 1. The van der Waals surface area contributed by atoms with Crippen LogP contribution in [-0.2, 0) is 4.79 Å². The smallest absolute Gasteiger partial charge is 0.241 e. The molecule has 5 heteroatoms. The number of hydrogen-bond acceptors (Lipinski definition) is 3. The van der Waals surface area contributed by atoms with Crippen molar-refractivity contribution in [2.24, 2.45) is 5.92 Å². The first-order valence-corrected chi connectivity index (χ1v) is 7.78.